The summed E-state index contributed by atoms with van der Waals surface area (Å²) in [6.45, 7) is 7.36. The second-order valence-corrected chi connectivity index (χ2v) is 8.85. The van der Waals surface area contributed by atoms with Gasteiger partial charge < -0.3 is 14.2 Å². The Morgan fingerprint density at radius 1 is 1.33 bits per heavy atom. The van der Waals surface area contributed by atoms with Crippen LogP contribution in [0.15, 0.2) is 34.9 Å². The minimum Gasteiger partial charge on any atom is -0.466 e. The molecule has 3 atom stereocenters. The highest BCUT2D eigenvalue weighted by atomic mass is 16.5. The molecule has 1 saturated heterocycles. The Kier molecular flexibility index (Phi) is 5.67. The van der Waals surface area contributed by atoms with Crippen molar-refractivity contribution in [3.8, 4) is 11.3 Å². The number of carbonyl (C=O) groups is 2. The Bertz CT molecular complexity index is 937. The molecular weight excluding hydrogens is 380 g/mol. The minimum atomic E-state index is -0.787. The van der Waals surface area contributed by atoms with Crippen LogP contribution in [-0.4, -0.2) is 41.6 Å². The zero-order chi connectivity index (χ0) is 21.3. The number of nitrogens with zero attached hydrogens (tertiary/aromatic N) is 2. The van der Waals surface area contributed by atoms with E-state index in [4.69, 9.17) is 9.26 Å². The molecule has 1 aromatic carbocycles. The van der Waals surface area contributed by atoms with Gasteiger partial charge in [0.05, 0.1) is 12.0 Å². The van der Waals surface area contributed by atoms with Crippen molar-refractivity contribution in [2.24, 2.45) is 17.3 Å². The van der Waals surface area contributed by atoms with Crippen molar-refractivity contribution in [1.82, 2.24) is 10.1 Å². The second kappa shape index (κ2) is 8.25. The van der Waals surface area contributed by atoms with E-state index in [1.54, 1.807) is 0 Å². The number of hydrogen-bond donors (Lipinski definition) is 0. The molecule has 1 saturated carbocycles. The van der Waals surface area contributed by atoms with Gasteiger partial charge in [-0.1, -0.05) is 36.3 Å². The fraction of sp³-hybridized carbons (Fsp3) is 0.542. The smallest absolute Gasteiger partial charge is 0.314 e. The van der Waals surface area contributed by atoms with Gasteiger partial charge in [0.15, 0.2) is 0 Å². The zero-order valence-corrected chi connectivity index (χ0v) is 18.0. The molecule has 0 unspecified atom stereocenters. The molecule has 4 rings (SSSR count). The molecule has 1 aliphatic heterocycles. The van der Waals surface area contributed by atoms with Crippen molar-refractivity contribution < 1.29 is 18.8 Å². The number of rotatable bonds is 6. The van der Waals surface area contributed by atoms with Crippen molar-refractivity contribution >= 4 is 11.9 Å². The Balaban J connectivity index is 1.58. The number of piperidine rings is 1. The number of esters is 1. The van der Waals surface area contributed by atoms with Gasteiger partial charge in [0, 0.05) is 37.1 Å². The van der Waals surface area contributed by atoms with Crippen LogP contribution in [0, 0.1) is 24.2 Å². The molecule has 2 heterocycles. The highest BCUT2D eigenvalue weighted by Gasteiger charge is 2.49. The number of aromatic nitrogens is 1. The lowest BCUT2D eigenvalue weighted by molar-refractivity contribution is -0.161. The zero-order valence-electron chi connectivity index (χ0n) is 18.0. The number of amides is 1. The third-order valence-electron chi connectivity index (χ3n) is 6.52. The fourth-order valence-electron chi connectivity index (χ4n) is 4.60. The molecule has 0 bridgehead atoms. The maximum atomic E-state index is 13.1. The van der Waals surface area contributed by atoms with Crippen LogP contribution in [0.2, 0.25) is 0 Å². The molecule has 2 aromatic rings. The van der Waals surface area contributed by atoms with Crippen molar-refractivity contribution in [3.63, 3.8) is 0 Å². The summed E-state index contributed by atoms with van der Waals surface area (Å²) in [5, 5.41) is 4.24. The van der Waals surface area contributed by atoms with Gasteiger partial charge >= 0.3 is 5.97 Å². The SMILES string of the molecule is CCOC(=O)[C@]1(Cc2cc(-c3ccccc3C)no2)CCCN(C(=O)[C@@H]2C[C@H]2C)C1. The largest absolute Gasteiger partial charge is 0.466 e. The van der Waals surface area contributed by atoms with E-state index in [0.29, 0.717) is 44.2 Å². The molecule has 2 fully saturated rings. The van der Waals surface area contributed by atoms with Crippen LogP contribution < -0.4 is 0 Å². The van der Waals surface area contributed by atoms with Crippen molar-refractivity contribution in [2.75, 3.05) is 19.7 Å². The number of hydrogen-bond acceptors (Lipinski definition) is 5. The summed E-state index contributed by atoms with van der Waals surface area (Å²) in [7, 11) is 0. The van der Waals surface area contributed by atoms with Crippen molar-refractivity contribution in [1.29, 1.82) is 0 Å². The van der Waals surface area contributed by atoms with E-state index in [0.717, 1.165) is 29.7 Å². The van der Waals surface area contributed by atoms with Gasteiger partial charge in [0.2, 0.25) is 5.91 Å². The lowest BCUT2D eigenvalue weighted by Gasteiger charge is -2.40. The van der Waals surface area contributed by atoms with E-state index in [9.17, 15) is 9.59 Å². The van der Waals surface area contributed by atoms with E-state index in [2.05, 4.69) is 12.1 Å². The maximum Gasteiger partial charge on any atom is 0.314 e. The number of carbonyl (C=O) groups excluding carboxylic acids is 2. The minimum absolute atomic E-state index is 0.112. The lowest BCUT2D eigenvalue weighted by atomic mass is 9.76. The third kappa shape index (κ3) is 4.00. The third-order valence-corrected chi connectivity index (χ3v) is 6.52. The predicted octanol–water partition coefficient (Wildman–Crippen LogP) is 4.02. The Hall–Kier alpha value is -2.63. The van der Waals surface area contributed by atoms with E-state index in [1.807, 2.05) is 49.1 Å². The molecule has 2 aliphatic rings. The van der Waals surface area contributed by atoms with E-state index < -0.39 is 5.41 Å². The topological polar surface area (TPSA) is 72.6 Å². The summed E-state index contributed by atoms with van der Waals surface area (Å²) >= 11 is 0. The van der Waals surface area contributed by atoms with E-state index in [1.165, 1.54) is 0 Å². The van der Waals surface area contributed by atoms with Crippen LogP contribution in [0.5, 0.6) is 0 Å². The van der Waals surface area contributed by atoms with Gasteiger partial charge in [0.25, 0.3) is 0 Å². The summed E-state index contributed by atoms with van der Waals surface area (Å²) in [6, 6.07) is 9.92. The highest BCUT2D eigenvalue weighted by molar-refractivity contribution is 5.84. The number of ether oxygens (including phenoxy) is 1. The molecule has 0 spiro atoms. The molecule has 0 radical (unpaired) electrons. The average molecular weight is 411 g/mol. The maximum absolute atomic E-state index is 13.1. The second-order valence-electron chi connectivity index (χ2n) is 8.85. The quantitative estimate of drug-likeness (QED) is 0.673. The number of benzene rings is 1. The molecule has 1 aromatic heterocycles. The van der Waals surface area contributed by atoms with Gasteiger partial charge in [0.1, 0.15) is 11.5 Å². The Labute approximate surface area is 177 Å². The molecule has 1 aliphatic carbocycles. The van der Waals surface area contributed by atoms with Crippen LogP contribution in [-0.2, 0) is 20.7 Å². The van der Waals surface area contributed by atoms with Crippen LogP contribution in [0.25, 0.3) is 11.3 Å². The van der Waals surface area contributed by atoms with Gasteiger partial charge in [-0.2, -0.15) is 0 Å². The van der Waals surface area contributed by atoms with E-state index >= 15 is 0 Å². The summed E-state index contributed by atoms with van der Waals surface area (Å²) in [5.41, 5.74) is 2.11. The molecule has 6 heteroatoms. The van der Waals surface area contributed by atoms with Crippen LogP contribution >= 0.6 is 0 Å². The normalized spacial score (nSPS) is 25.8. The first-order valence-electron chi connectivity index (χ1n) is 10.9. The van der Waals surface area contributed by atoms with E-state index in [-0.39, 0.29) is 17.8 Å². The molecule has 30 heavy (non-hydrogen) atoms. The summed E-state index contributed by atoms with van der Waals surface area (Å²) in [4.78, 5) is 27.8. The first kappa shape index (κ1) is 20.6. The van der Waals surface area contributed by atoms with Gasteiger partial charge in [-0.05, 0) is 44.6 Å². The molecule has 0 N–H and O–H groups in total. The molecule has 1 amide bonds. The van der Waals surface area contributed by atoms with Crippen LogP contribution in [0.1, 0.15) is 44.4 Å². The lowest BCUT2D eigenvalue weighted by Crippen LogP contribution is -2.52. The Morgan fingerprint density at radius 3 is 2.80 bits per heavy atom. The summed E-state index contributed by atoms with van der Waals surface area (Å²) < 4.78 is 11.1. The molecule has 160 valence electrons. The summed E-state index contributed by atoms with van der Waals surface area (Å²) in [5.74, 6) is 1.13. The highest BCUT2D eigenvalue weighted by Crippen LogP contribution is 2.42. The predicted molar refractivity (Wildman–Crippen MR) is 113 cm³/mol. The standard InChI is InChI=1S/C24H30N2O4/c1-4-29-23(28)24(10-7-11-26(15-24)22(27)20-12-17(20)3)14-18-13-21(25-30-18)19-9-6-5-8-16(19)2/h5-6,8-9,13,17,20H,4,7,10-12,14-15H2,1-3H3/t17-,20-,24+/m1/s1. The Morgan fingerprint density at radius 2 is 2.10 bits per heavy atom. The molecular formula is C24H30N2O4. The average Bonchev–Trinajstić information content (AvgIpc) is 3.29. The van der Waals surface area contributed by atoms with Crippen molar-refractivity contribution in [2.45, 2.75) is 46.5 Å². The van der Waals surface area contributed by atoms with Crippen LogP contribution in [0.3, 0.4) is 0 Å². The number of likely N-dealkylation sites (tertiary alicyclic amines) is 1. The van der Waals surface area contributed by atoms with Gasteiger partial charge in [-0.25, -0.2) is 0 Å². The number of aryl methyl sites for hydroxylation is 1. The van der Waals surface area contributed by atoms with Gasteiger partial charge in [-0.15, -0.1) is 0 Å². The summed E-state index contributed by atoms with van der Waals surface area (Å²) in [6.07, 6.45) is 2.79. The first-order valence-corrected chi connectivity index (χ1v) is 10.9. The van der Waals surface area contributed by atoms with Crippen LogP contribution in [0.4, 0.5) is 0 Å². The fourth-order valence-corrected chi connectivity index (χ4v) is 4.60. The van der Waals surface area contributed by atoms with Crippen molar-refractivity contribution in [3.05, 3.63) is 41.7 Å². The first-order chi connectivity index (χ1) is 14.4. The monoisotopic (exact) mass is 410 g/mol. The van der Waals surface area contributed by atoms with Gasteiger partial charge in [-0.3, -0.25) is 9.59 Å². The molecule has 6 nitrogen and oxygen atoms in total.